The number of thioether (sulfide) groups is 1. The Kier molecular flexibility index (Phi) is 5.98. The zero-order chi connectivity index (χ0) is 18.5. The SMILES string of the molecule is CCc1c(O)nc(SCC(=O)N2CCCCC2)n(-c2ccccc2)c1=O. The number of hydrogen-bond donors (Lipinski definition) is 1. The Morgan fingerprint density at radius 2 is 1.88 bits per heavy atom. The number of benzene rings is 1. The first-order valence-corrected chi connectivity index (χ1v) is 9.91. The maximum absolute atomic E-state index is 12.8. The molecule has 1 aromatic carbocycles. The van der Waals surface area contributed by atoms with E-state index >= 15 is 0 Å². The number of para-hydroxylation sites is 1. The van der Waals surface area contributed by atoms with Gasteiger partial charge < -0.3 is 10.0 Å². The van der Waals surface area contributed by atoms with Crippen LogP contribution in [0.4, 0.5) is 0 Å². The molecule has 26 heavy (non-hydrogen) atoms. The van der Waals surface area contributed by atoms with Crippen molar-refractivity contribution in [1.82, 2.24) is 14.5 Å². The summed E-state index contributed by atoms with van der Waals surface area (Å²) in [6.45, 7) is 3.39. The molecule has 7 heteroatoms. The number of carbonyl (C=O) groups excluding carboxylic acids is 1. The van der Waals surface area contributed by atoms with Gasteiger partial charge in [-0.05, 0) is 37.8 Å². The molecule has 0 radical (unpaired) electrons. The molecule has 0 aliphatic carbocycles. The van der Waals surface area contributed by atoms with Crippen LogP contribution in [-0.2, 0) is 11.2 Å². The normalized spacial score (nSPS) is 14.4. The van der Waals surface area contributed by atoms with Gasteiger partial charge in [0.15, 0.2) is 5.16 Å². The van der Waals surface area contributed by atoms with Crippen molar-refractivity contribution < 1.29 is 9.90 Å². The van der Waals surface area contributed by atoms with E-state index in [1.165, 1.54) is 22.7 Å². The number of amides is 1. The van der Waals surface area contributed by atoms with Crippen molar-refractivity contribution >= 4 is 17.7 Å². The molecule has 1 aliphatic heterocycles. The molecule has 1 aromatic heterocycles. The lowest BCUT2D eigenvalue weighted by Crippen LogP contribution is -2.37. The molecular weight excluding hydrogens is 350 g/mol. The van der Waals surface area contributed by atoms with Gasteiger partial charge in [0.1, 0.15) is 0 Å². The molecule has 1 saturated heterocycles. The second-order valence-electron chi connectivity index (χ2n) is 6.26. The molecule has 2 aromatic rings. The zero-order valence-corrected chi connectivity index (χ0v) is 15.7. The van der Waals surface area contributed by atoms with Crippen LogP contribution in [0.15, 0.2) is 40.3 Å². The lowest BCUT2D eigenvalue weighted by Gasteiger charge is -2.26. The highest BCUT2D eigenvalue weighted by Crippen LogP contribution is 2.23. The van der Waals surface area contributed by atoms with Crippen LogP contribution in [0, 0.1) is 0 Å². The standard InChI is InChI=1S/C19H23N3O3S/c1-2-15-17(24)20-19(22(18(15)25)14-9-5-3-6-10-14)26-13-16(23)21-11-7-4-8-12-21/h3,5-6,9-10,24H,2,4,7-8,11-13H2,1H3. The van der Waals surface area contributed by atoms with Crippen molar-refractivity contribution in [2.45, 2.75) is 37.8 Å². The maximum atomic E-state index is 12.8. The fourth-order valence-corrected chi connectivity index (χ4v) is 4.00. The third kappa shape index (κ3) is 3.93. The lowest BCUT2D eigenvalue weighted by molar-refractivity contribution is -0.129. The molecule has 0 atom stereocenters. The lowest BCUT2D eigenvalue weighted by atomic mass is 10.1. The molecule has 138 valence electrons. The van der Waals surface area contributed by atoms with Crippen molar-refractivity contribution in [3.63, 3.8) is 0 Å². The quantitative estimate of drug-likeness (QED) is 0.644. The number of nitrogens with zero attached hydrogens (tertiary/aromatic N) is 3. The van der Waals surface area contributed by atoms with Crippen LogP contribution < -0.4 is 5.56 Å². The average molecular weight is 373 g/mol. The van der Waals surface area contributed by atoms with E-state index in [1.807, 2.05) is 35.2 Å². The largest absolute Gasteiger partial charge is 0.493 e. The van der Waals surface area contributed by atoms with E-state index in [2.05, 4.69) is 4.98 Å². The third-order valence-corrected chi connectivity index (χ3v) is 5.45. The van der Waals surface area contributed by atoms with Crippen molar-refractivity contribution in [2.24, 2.45) is 0 Å². The number of piperidine rings is 1. The van der Waals surface area contributed by atoms with E-state index in [-0.39, 0.29) is 28.7 Å². The van der Waals surface area contributed by atoms with Gasteiger partial charge >= 0.3 is 0 Å². The summed E-state index contributed by atoms with van der Waals surface area (Å²) < 4.78 is 1.48. The maximum Gasteiger partial charge on any atom is 0.265 e. The van der Waals surface area contributed by atoms with Gasteiger partial charge in [-0.1, -0.05) is 36.9 Å². The van der Waals surface area contributed by atoms with Gasteiger partial charge in [-0.25, -0.2) is 0 Å². The summed E-state index contributed by atoms with van der Waals surface area (Å²) in [7, 11) is 0. The van der Waals surface area contributed by atoms with Crippen LogP contribution in [0.25, 0.3) is 5.69 Å². The van der Waals surface area contributed by atoms with E-state index < -0.39 is 0 Å². The molecule has 1 aliphatic rings. The summed E-state index contributed by atoms with van der Waals surface area (Å²) in [5.41, 5.74) is 0.660. The highest BCUT2D eigenvalue weighted by molar-refractivity contribution is 7.99. The highest BCUT2D eigenvalue weighted by Gasteiger charge is 2.20. The molecule has 3 rings (SSSR count). The summed E-state index contributed by atoms with van der Waals surface area (Å²) in [4.78, 5) is 31.4. The van der Waals surface area contributed by atoms with Crippen molar-refractivity contribution in [1.29, 1.82) is 0 Å². The Morgan fingerprint density at radius 1 is 1.19 bits per heavy atom. The molecule has 0 bridgehead atoms. The summed E-state index contributed by atoms with van der Waals surface area (Å²) in [5, 5.41) is 10.5. The van der Waals surface area contributed by atoms with Gasteiger partial charge in [0, 0.05) is 13.1 Å². The minimum atomic E-state index is -0.292. The second-order valence-corrected chi connectivity index (χ2v) is 7.20. The van der Waals surface area contributed by atoms with Gasteiger partial charge in [0.25, 0.3) is 5.56 Å². The Hall–Kier alpha value is -2.28. The first kappa shape index (κ1) is 18.5. The number of aromatic nitrogens is 2. The van der Waals surface area contributed by atoms with E-state index in [4.69, 9.17) is 0 Å². The molecule has 6 nitrogen and oxygen atoms in total. The summed E-state index contributed by atoms with van der Waals surface area (Å²) in [5.74, 6) is -0.00953. The summed E-state index contributed by atoms with van der Waals surface area (Å²) in [6.07, 6.45) is 3.63. The molecular formula is C19H23N3O3S. The van der Waals surface area contributed by atoms with E-state index in [0.717, 1.165) is 25.9 Å². The van der Waals surface area contributed by atoms with Gasteiger partial charge in [-0.3, -0.25) is 14.2 Å². The molecule has 0 unspecified atom stereocenters. The smallest absolute Gasteiger partial charge is 0.265 e. The first-order valence-electron chi connectivity index (χ1n) is 8.92. The van der Waals surface area contributed by atoms with Crippen LogP contribution in [0.2, 0.25) is 0 Å². The minimum Gasteiger partial charge on any atom is -0.493 e. The fraction of sp³-hybridized carbons (Fsp3) is 0.421. The monoisotopic (exact) mass is 373 g/mol. The van der Waals surface area contributed by atoms with Crippen molar-refractivity contribution in [2.75, 3.05) is 18.8 Å². The van der Waals surface area contributed by atoms with E-state index in [1.54, 1.807) is 6.92 Å². The molecule has 1 amide bonds. The van der Waals surface area contributed by atoms with E-state index in [9.17, 15) is 14.7 Å². The molecule has 0 spiro atoms. The number of aromatic hydroxyl groups is 1. The Bertz CT molecular complexity index is 830. The van der Waals surface area contributed by atoms with Crippen LogP contribution >= 0.6 is 11.8 Å². The number of hydrogen-bond acceptors (Lipinski definition) is 5. The number of carbonyl (C=O) groups is 1. The third-order valence-electron chi connectivity index (χ3n) is 4.53. The topological polar surface area (TPSA) is 75.4 Å². The molecule has 1 N–H and O–H groups in total. The molecule has 2 heterocycles. The first-order chi connectivity index (χ1) is 12.6. The van der Waals surface area contributed by atoms with Crippen molar-refractivity contribution in [3.05, 3.63) is 46.2 Å². The number of likely N-dealkylation sites (tertiary alicyclic amines) is 1. The van der Waals surface area contributed by atoms with Crippen LogP contribution in [0.3, 0.4) is 0 Å². The zero-order valence-electron chi connectivity index (χ0n) is 14.9. The van der Waals surface area contributed by atoms with Gasteiger partial charge in [-0.2, -0.15) is 4.98 Å². The second kappa shape index (κ2) is 8.40. The summed E-state index contributed by atoms with van der Waals surface area (Å²) >= 11 is 1.19. The Balaban J connectivity index is 1.90. The van der Waals surface area contributed by atoms with Crippen LogP contribution in [-0.4, -0.2) is 44.3 Å². The van der Waals surface area contributed by atoms with Crippen LogP contribution in [0.5, 0.6) is 5.88 Å². The van der Waals surface area contributed by atoms with Gasteiger partial charge in [0.2, 0.25) is 11.8 Å². The Labute approximate surface area is 156 Å². The number of rotatable bonds is 5. The van der Waals surface area contributed by atoms with Gasteiger partial charge in [-0.15, -0.1) is 0 Å². The average Bonchev–Trinajstić information content (AvgIpc) is 2.67. The summed E-state index contributed by atoms with van der Waals surface area (Å²) in [6, 6.07) is 9.18. The van der Waals surface area contributed by atoms with E-state index in [0.29, 0.717) is 17.3 Å². The Morgan fingerprint density at radius 3 is 2.54 bits per heavy atom. The van der Waals surface area contributed by atoms with Gasteiger partial charge in [0.05, 0.1) is 17.0 Å². The predicted molar refractivity (Wildman–Crippen MR) is 102 cm³/mol. The minimum absolute atomic E-state index is 0.0441. The van der Waals surface area contributed by atoms with Crippen LogP contribution in [0.1, 0.15) is 31.7 Å². The molecule has 0 saturated carbocycles. The fourth-order valence-electron chi connectivity index (χ4n) is 3.10. The van der Waals surface area contributed by atoms with Crippen molar-refractivity contribution in [3.8, 4) is 11.6 Å². The molecule has 1 fully saturated rings. The highest BCUT2D eigenvalue weighted by atomic mass is 32.2. The predicted octanol–water partition coefficient (Wildman–Crippen LogP) is 2.61.